The van der Waals surface area contributed by atoms with Crippen LogP contribution in [0.15, 0.2) is 61.1 Å². The molecule has 0 unspecified atom stereocenters. The van der Waals surface area contributed by atoms with E-state index in [0.29, 0.717) is 5.69 Å². The fourth-order valence-electron chi connectivity index (χ4n) is 3.57. The van der Waals surface area contributed by atoms with Crippen molar-refractivity contribution >= 4 is 5.78 Å². The van der Waals surface area contributed by atoms with Crippen LogP contribution >= 0.6 is 0 Å². The quantitative estimate of drug-likeness (QED) is 0.650. The number of carbonyl (C=O) groups is 1. The molecule has 4 rings (SSSR count). The molecule has 5 nitrogen and oxygen atoms in total. The minimum atomic E-state index is -0.261. The molecule has 138 valence electrons. The molecule has 27 heavy (non-hydrogen) atoms. The van der Waals surface area contributed by atoms with Crippen molar-refractivity contribution in [2.24, 2.45) is 5.92 Å². The lowest BCUT2D eigenvalue weighted by Crippen LogP contribution is -2.38. The summed E-state index contributed by atoms with van der Waals surface area (Å²) in [6.07, 6.45) is 7.35. The summed E-state index contributed by atoms with van der Waals surface area (Å²) in [5, 5.41) is 4.37. The van der Waals surface area contributed by atoms with Crippen LogP contribution in [0.5, 0.6) is 0 Å². The maximum atomic E-state index is 13.1. The van der Waals surface area contributed by atoms with E-state index in [0.717, 1.165) is 43.7 Å². The zero-order valence-corrected chi connectivity index (χ0v) is 15.0. The molecule has 0 saturated carbocycles. The summed E-state index contributed by atoms with van der Waals surface area (Å²) in [7, 11) is 0. The Morgan fingerprint density at radius 1 is 1.19 bits per heavy atom. The average molecular weight is 364 g/mol. The maximum Gasteiger partial charge on any atom is 0.185 e. The number of rotatable bonds is 5. The van der Waals surface area contributed by atoms with E-state index >= 15 is 0 Å². The molecule has 3 aromatic rings. The van der Waals surface area contributed by atoms with Crippen LogP contribution in [-0.2, 0) is 6.54 Å². The minimum absolute atomic E-state index is 0.0132. The van der Waals surface area contributed by atoms with E-state index in [1.54, 1.807) is 29.1 Å². The van der Waals surface area contributed by atoms with Gasteiger partial charge in [-0.2, -0.15) is 5.10 Å². The molecule has 1 fully saturated rings. The molecule has 1 atom stereocenters. The number of likely N-dealkylation sites (tertiary alicyclic amines) is 1. The van der Waals surface area contributed by atoms with Gasteiger partial charge in [0.25, 0.3) is 0 Å². The first kappa shape index (κ1) is 17.5. The van der Waals surface area contributed by atoms with Gasteiger partial charge in [0, 0.05) is 37.0 Å². The average Bonchev–Trinajstić information content (AvgIpc) is 3.17. The fourth-order valence-corrected chi connectivity index (χ4v) is 3.57. The largest absolute Gasteiger partial charge is 0.298 e. The Bertz CT molecular complexity index is 907. The summed E-state index contributed by atoms with van der Waals surface area (Å²) >= 11 is 0. The van der Waals surface area contributed by atoms with Gasteiger partial charge in [-0.1, -0.05) is 6.07 Å². The summed E-state index contributed by atoms with van der Waals surface area (Å²) in [5.74, 6) is -0.147. The number of nitrogens with zero attached hydrogens (tertiary/aromatic N) is 4. The molecule has 1 aliphatic rings. The van der Waals surface area contributed by atoms with Crippen molar-refractivity contribution in [3.8, 4) is 5.69 Å². The molecule has 0 bridgehead atoms. The van der Waals surface area contributed by atoms with Crippen molar-refractivity contribution in [1.82, 2.24) is 19.7 Å². The van der Waals surface area contributed by atoms with Crippen LogP contribution in [0.1, 0.15) is 28.9 Å². The highest BCUT2D eigenvalue weighted by Gasteiger charge is 2.27. The number of ketones is 1. The summed E-state index contributed by atoms with van der Waals surface area (Å²) in [6, 6.07) is 11.7. The number of Topliss-reactive ketones (excluding diaryl/α,β-unsaturated/α-hetero) is 1. The number of pyridine rings is 1. The smallest absolute Gasteiger partial charge is 0.185 e. The van der Waals surface area contributed by atoms with Crippen molar-refractivity contribution in [2.75, 3.05) is 13.1 Å². The number of carbonyl (C=O) groups excluding carboxylic acids is 1. The summed E-state index contributed by atoms with van der Waals surface area (Å²) in [6.45, 7) is 2.44. The van der Waals surface area contributed by atoms with Gasteiger partial charge in [0.05, 0.1) is 11.9 Å². The highest BCUT2D eigenvalue weighted by molar-refractivity contribution is 5.96. The van der Waals surface area contributed by atoms with E-state index in [-0.39, 0.29) is 17.5 Å². The normalized spacial score (nSPS) is 17.7. The van der Waals surface area contributed by atoms with Gasteiger partial charge in [-0.05, 0) is 55.8 Å². The van der Waals surface area contributed by atoms with Crippen LogP contribution in [0.25, 0.3) is 5.69 Å². The lowest BCUT2D eigenvalue weighted by molar-refractivity contribution is 0.0806. The Hall–Kier alpha value is -2.86. The molecule has 0 aliphatic carbocycles. The lowest BCUT2D eigenvalue weighted by atomic mass is 9.92. The van der Waals surface area contributed by atoms with Gasteiger partial charge >= 0.3 is 0 Å². The maximum absolute atomic E-state index is 13.1. The first-order valence-electron chi connectivity index (χ1n) is 9.16. The Morgan fingerprint density at radius 3 is 2.81 bits per heavy atom. The van der Waals surface area contributed by atoms with Crippen LogP contribution in [0, 0.1) is 11.7 Å². The van der Waals surface area contributed by atoms with Crippen molar-refractivity contribution in [3.05, 3.63) is 78.1 Å². The van der Waals surface area contributed by atoms with E-state index in [4.69, 9.17) is 0 Å². The fraction of sp³-hybridized carbons (Fsp3) is 0.286. The predicted molar refractivity (Wildman–Crippen MR) is 100 cm³/mol. The number of hydrogen-bond acceptors (Lipinski definition) is 4. The standard InChI is InChI=1S/C21H21FN4O/c22-18-6-8-19(9-7-18)26-14-16(12-24-26)13-25-11-3-4-17(15-25)21(27)20-5-1-2-10-23-20/h1-2,5-10,12,14,17H,3-4,11,13,15H2/t17-/m1/s1. The molecule has 0 amide bonds. The lowest BCUT2D eigenvalue weighted by Gasteiger charge is -2.31. The predicted octanol–water partition coefficient (Wildman–Crippen LogP) is 3.50. The Morgan fingerprint density at radius 2 is 2.04 bits per heavy atom. The van der Waals surface area contributed by atoms with Crippen LogP contribution in [0.3, 0.4) is 0 Å². The van der Waals surface area contributed by atoms with Crippen molar-refractivity contribution < 1.29 is 9.18 Å². The molecule has 0 N–H and O–H groups in total. The van der Waals surface area contributed by atoms with Gasteiger partial charge in [-0.25, -0.2) is 9.07 Å². The molecule has 3 heterocycles. The molecular formula is C21H21FN4O. The Balaban J connectivity index is 1.41. The molecule has 6 heteroatoms. The number of piperidine rings is 1. The van der Waals surface area contributed by atoms with Crippen LogP contribution in [0.2, 0.25) is 0 Å². The molecule has 1 saturated heterocycles. The van der Waals surface area contributed by atoms with Crippen LogP contribution in [0.4, 0.5) is 4.39 Å². The number of halogens is 1. The molecule has 0 spiro atoms. The van der Waals surface area contributed by atoms with Crippen LogP contribution < -0.4 is 0 Å². The van der Waals surface area contributed by atoms with Gasteiger partial charge in [-0.15, -0.1) is 0 Å². The van der Waals surface area contributed by atoms with Gasteiger partial charge in [0.2, 0.25) is 0 Å². The van der Waals surface area contributed by atoms with Gasteiger partial charge < -0.3 is 0 Å². The number of benzene rings is 1. The third-order valence-electron chi connectivity index (χ3n) is 4.93. The third-order valence-corrected chi connectivity index (χ3v) is 4.93. The second-order valence-electron chi connectivity index (χ2n) is 6.92. The Kier molecular flexibility index (Phi) is 5.07. The van der Waals surface area contributed by atoms with Gasteiger partial charge in [0.1, 0.15) is 11.5 Å². The summed E-state index contributed by atoms with van der Waals surface area (Å²) < 4.78 is 14.8. The van der Waals surface area contributed by atoms with Crippen molar-refractivity contribution in [3.63, 3.8) is 0 Å². The van der Waals surface area contributed by atoms with E-state index in [2.05, 4.69) is 15.0 Å². The molecular weight excluding hydrogens is 343 g/mol. The van der Waals surface area contributed by atoms with Crippen LogP contribution in [-0.4, -0.2) is 38.5 Å². The monoisotopic (exact) mass is 364 g/mol. The SMILES string of the molecule is O=C(c1ccccn1)[C@@H]1CCCN(Cc2cnn(-c3ccc(F)cc3)c2)C1. The highest BCUT2D eigenvalue weighted by atomic mass is 19.1. The zero-order chi connectivity index (χ0) is 18.6. The van der Waals surface area contributed by atoms with E-state index < -0.39 is 0 Å². The van der Waals surface area contributed by atoms with Gasteiger partial charge in [0.15, 0.2) is 5.78 Å². The van der Waals surface area contributed by atoms with E-state index in [1.807, 2.05) is 24.5 Å². The summed E-state index contributed by atoms with van der Waals surface area (Å²) in [5.41, 5.74) is 2.45. The minimum Gasteiger partial charge on any atom is -0.298 e. The third kappa shape index (κ3) is 4.11. The van der Waals surface area contributed by atoms with Gasteiger partial charge in [-0.3, -0.25) is 14.7 Å². The highest BCUT2D eigenvalue weighted by Crippen LogP contribution is 2.22. The molecule has 1 aliphatic heterocycles. The molecule has 1 aromatic carbocycles. The second kappa shape index (κ2) is 7.80. The van der Waals surface area contributed by atoms with Crippen molar-refractivity contribution in [2.45, 2.75) is 19.4 Å². The zero-order valence-electron chi connectivity index (χ0n) is 15.0. The van der Waals surface area contributed by atoms with E-state index in [9.17, 15) is 9.18 Å². The second-order valence-corrected chi connectivity index (χ2v) is 6.92. The molecule has 2 aromatic heterocycles. The first-order valence-corrected chi connectivity index (χ1v) is 9.16. The molecule has 0 radical (unpaired) electrons. The summed E-state index contributed by atoms with van der Waals surface area (Å²) in [4.78, 5) is 19.2. The van der Waals surface area contributed by atoms with E-state index in [1.165, 1.54) is 12.1 Å². The topological polar surface area (TPSA) is 51.0 Å². The first-order chi connectivity index (χ1) is 13.2. The number of aromatic nitrogens is 3. The number of hydrogen-bond donors (Lipinski definition) is 0. The van der Waals surface area contributed by atoms with Crippen molar-refractivity contribution in [1.29, 1.82) is 0 Å². The Labute approximate surface area is 157 Å².